The molecule has 0 radical (unpaired) electrons. The summed E-state index contributed by atoms with van der Waals surface area (Å²) in [5.74, 6) is -3.28. The number of fused-ring (bicyclic) bond motifs is 1. The topological polar surface area (TPSA) is 76.2 Å². The minimum atomic E-state index is -5.19. The first-order valence-electron chi connectivity index (χ1n) is 10.3. The lowest BCUT2D eigenvalue weighted by atomic mass is 9.93. The van der Waals surface area contributed by atoms with Gasteiger partial charge in [0.1, 0.15) is 11.6 Å². The molecule has 0 aromatic heterocycles. The van der Waals surface area contributed by atoms with E-state index in [0.717, 1.165) is 22.3 Å². The molecular weight excluding hydrogens is 441 g/mol. The van der Waals surface area contributed by atoms with Gasteiger partial charge in [0.05, 0.1) is 5.56 Å². The number of rotatable bonds is 5. The number of halogens is 3. The van der Waals surface area contributed by atoms with Gasteiger partial charge in [-0.05, 0) is 51.9 Å². The van der Waals surface area contributed by atoms with E-state index in [-0.39, 0.29) is 10.9 Å². The number of amidine groups is 1. The standard InChI is InChI=1S/C27H19F3N2O2/c28-27(29,30)26(33)34-24-21-13-11-20(16-19(21)12-14-22(24)25(31)32)23(18-9-5-2-6-10-18)15-17-7-3-1-4-8-17/h1-16H,(H3,31,32)/b23-15-. The van der Waals surface area contributed by atoms with Crippen molar-refractivity contribution in [3.8, 4) is 5.75 Å². The molecule has 0 amide bonds. The van der Waals surface area contributed by atoms with Crippen LogP contribution >= 0.6 is 0 Å². The molecular formula is C27H19F3N2O2. The van der Waals surface area contributed by atoms with Crippen LogP contribution < -0.4 is 10.5 Å². The summed E-state index contributed by atoms with van der Waals surface area (Å²) in [6.07, 6.45) is -3.17. The van der Waals surface area contributed by atoms with E-state index in [2.05, 4.69) is 4.74 Å². The molecule has 170 valence electrons. The largest absolute Gasteiger partial charge is 0.491 e. The molecule has 4 aromatic carbocycles. The Kier molecular flexibility index (Phi) is 6.19. The van der Waals surface area contributed by atoms with Gasteiger partial charge in [0.25, 0.3) is 0 Å². The fourth-order valence-corrected chi connectivity index (χ4v) is 3.61. The highest BCUT2D eigenvalue weighted by molar-refractivity contribution is 6.06. The van der Waals surface area contributed by atoms with E-state index in [4.69, 9.17) is 11.1 Å². The zero-order valence-corrected chi connectivity index (χ0v) is 17.8. The molecule has 34 heavy (non-hydrogen) atoms. The molecule has 4 rings (SSSR count). The molecule has 0 aliphatic carbocycles. The second kappa shape index (κ2) is 9.23. The lowest BCUT2D eigenvalue weighted by molar-refractivity contribution is -0.189. The smallest absolute Gasteiger partial charge is 0.418 e. The summed E-state index contributed by atoms with van der Waals surface area (Å²) in [7, 11) is 0. The number of ether oxygens (including phenoxy) is 1. The van der Waals surface area contributed by atoms with E-state index in [0.29, 0.717) is 5.39 Å². The summed E-state index contributed by atoms with van der Waals surface area (Å²) < 4.78 is 43.3. The van der Waals surface area contributed by atoms with Crippen LogP contribution in [0.4, 0.5) is 13.2 Å². The van der Waals surface area contributed by atoms with E-state index < -0.39 is 23.7 Å². The van der Waals surface area contributed by atoms with E-state index in [9.17, 15) is 18.0 Å². The summed E-state index contributed by atoms with van der Waals surface area (Å²) in [5, 5.41) is 8.46. The minimum Gasteiger partial charge on any atom is -0.418 e. The van der Waals surface area contributed by atoms with Gasteiger partial charge in [-0.2, -0.15) is 13.2 Å². The Morgan fingerprint density at radius 3 is 2.12 bits per heavy atom. The van der Waals surface area contributed by atoms with Crippen LogP contribution in [0.5, 0.6) is 5.75 Å². The Morgan fingerprint density at radius 1 is 0.853 bits per heavy atom. The lowest BCUT2D eigenvalue weighted by Gasteiger charge is -2.15. The number of esters is 1. The van der Waals surface area contributed by atoms with Gasteiger partial charge >= 0.3 is 12.1 Å². The summed E-state index contributed by atoms with van der Waals surface area (Å²) in [6.45, 7) is 0. The van der Waals surface area contributed by atoms with Gasteiger partial charge < -0.3 is 10.5 Å². The van der Waals surface area contributed by atoms with Crippen LogP contribution in [-0.4, -0.2) is 18.0 Å². The third kappa shape index (κ3) is 4.83. The van der Waals surface area contributed by atoms with E-state index in [1.807, 2.05) is 66.7 Å². The molecule has 0 spiro atoms. The summed E-state index contributed by atoms with van der Waals surface area (Å²) in [6, 6.07) is 27.5. The van der Waals surface area contributed by atoms with Crippen molar-refractivity contribution >= 4 is 34.2 Å². The zero-order chi connectivity index (χ0) is 24.3. The van der Waals surface area contributed by atoms with Crippen molar-refractivity contribution in [2.24, 2.45) is 5.73 Å². The monoisotopic (exact) mass is 460 g/mol. The highest BCUT2D eigenvalue weighted by Gasteiger charge is 2.42. The average Bonchev–Trinajstić information content (AvgIpc) is 2.82. The van der Waals surface area contributed by atoms with Crippen molar-refractivity contribution in [2.75, 3.05) is 0 Å². The average molecular weight is 460 g/mol. The maximum atomic E-state index is 12.9. The molecule has 0 unspecified atom stereocenters. The van der Waals surface area contributed by atoms with Gasteiger partial charge in [-0.3, -0.25) is 5.41 Å². The Balaban J connectivity index is 1.88. The van der Waals surface area contributed by atoms with Gasteiger partial charge in [-0.1, -0.05) is 72.8 Å². The fourth-order valence-electron chi connectivity index (χ4n) is 3.61. The number of hydrogen-bond acceptors (Lipinski definition) is 3. The second-order valence-electron chi connectivity index (χ2n) is 7.51. The summed E-state index contributed by atoms with van der Waals surface area (Å²) in [5.41, 5.74) is 9.08. The Bertz CT molecular complexity index is 1400. The van der Waals surface area contributed by atoms with Crippen LogP contribution in [-0.2, 0) is 4.79 Å². The predicted molar refractivity (Wildman–Crippen MR) is 127 cm³/mol. The maximum absolute atomic E-state index is 12.9. The van der Waals surface area contributed by atoms with E-state index >= 15 is 0 Å². The van der Waals surface area contributed by atoms with E-state index in [1.54, 1.807) is 24.3 Å². The zero-order valence-electron chi connectivity index (χ0n) is 17.8. The molecule has 0 bridgehead atoms. The number of benzene rings is 4. The number of nitrogens with one attached hydrogen (secondary N) is 1. The molecule has 3 N–H and O–H groups in total. The highest BCUT2D eigenvalue weighted by atomic mass is 19.4. The number of carbonyl (C=O) groups is 1. The van der Waals surface area contributed by atoms with Crippen LogP contribution in [0, 0.1) is 5.41 Å². The Morgan fingerprint density at radius 2 is 1.50 bits per heavy atom. The normalized spacial score (nSPS) is 11.9. The van der Waals surface area contributed by atoms with Gasteiger partial charge in [0.15, 0.2) is 0 Å². The Labute approximate surface area is 193 Å². The molecule has 0 aliphatic rings. The van der Waals surface area contributed by atoms with Crippen LogP contribution in [0.25, 0.3) is 22.4 Å². The van der Waals surface area contributed by atoms with Crippen LogP contribution in [0.2, 0.25) is 0 Å². The molecule has 7 heteroatoms. The fraction of sp³-hybridized carbons (Fsp3) is 0.0370. The van der Waals surface area contributed by atoms with Crippen molar-refractivity contribution in [3.63, 3.8) is 0 Å². The second-order valence-corrected chi connectivity index (χ2v) is 7.51. The highest BCUT2D eigenvalue weighted by Crippen LogP contribution is 2.35. The maximum Gasteiger partial charge on any atom is 0.491 e. The number of hydrogen-bond donors (Lipinski definition) is 2. The van der Waals surface area contributed by atoms with Crippen molar-refractivity contribution in [1.82, 2.24) is 0 Å². The molecule has 0 heterocycles. The number of carbonyl (C=O) groups excluding carboxylic acids is 1. The van der Waals surface area contributed by atoms with Crippen molar-refractivity contribution in [2.45, 2.75) is 6.18 Å². The van der Waals surface area contributed by atoms with Gasteiger partial charge in [0.2, 0.25) is 0 Å². The minimum absolute atomic E-state index is 0.0963. The van der Waals surface area contributed by atoms with Crippen molar-refractivity contribution in [3.05, 3.63) is 113 Å². The number of alkyl halides is 3. The predicted octanol–water partition coefficient (Wildman–Crippen LogP) is 6.18. The van der Waals surface area contributed by atoms with Crippen LogP contribution in [0.3, 0.4) is 0 Å². The molecule has 0 atom stereocenters. The molecule has 0 aliphatic heterocycles. The quantitative estimate of drug-likeness (QED) is 0.123. The van der Waals surface area contributed by atoms with Crippen molar-refractivity contribution in [1.29, 1.82) is 5.41 Å². The summed E-state index contributed by atoms with van der Waals surface area (Å²) in [4.78, 5) is 11.5. The first-order valence-corrected chi connectivity index (χ1v) is 10.3. The van der Waals surface area contributed by atoms with Crippen LogP contribution in [0.15, 0.2) is 91.0 Å². The SMILES string of the molecule is N=C(N)c1ccc2cc(/C(=C\c3ccccc3)c3ccccc3)ccc2c1OC(=O)C(F)(F)F. The summed E-state index contributed by atoms with van der Waals surface area (Å²) >= 11 is 0. The third-order valence-electron chi connectivity index (χ3n) is 5.19. The van der Waals surface area contributed by atoms with Crippen molar-refractivity contribution < 1.29 is 22.7 Å². The molecule has 0 saturated heterocycles. The lowest BCUT2D eigenvalue weighted by Crippen LogP contribution is -2.29. The first kappa shape index (κ1) is 22.8. The molecule has 0 saturated carbocycles. The Hall–Kier alpha value is -4.39. The first-order chi connectivity index (χ1) is 16.2. The number of nitrogen functional groups attached to an aromatic ring is 1. The molecule has 4 nitrogen and oxygen atoms in total. The van der Waals surface area contributed by atoms with Gasteiger partial charge in [-0.25, -0.2) is 4.79 Å². The molecule has 4 aromatic rings. The van der Waals surface area contributed by atoms with Gasteiger partial charge in [0, 0.05) is 5.39 Å². The number of nitrogens with two attached hydrogens (primary N) is 1. The van der Waals surface area contributed by atoms with Gasteiger partial charge in [-0.15, -0.1) is 0 Å². The van der Waals surface area contributed by atoms with E-state index in [1.165, 1.54) is 6.07 Å². The molecule has 0 fully saturated rings. The third-order valence-corrected chi connectivity index (χ3v) is 5.19. The van der Waals surface area contributed by atoms with Crippen LogP contribution in [0.1, 0.15) is 22.3 Å².